The molecule has 21 heavy (non-hydrogen) atoms. The van der Waals surface area contributed by atoms with Crippen molar-refractivity contribution in [3.05, 3.63) is 64.7 Å². The van der Waals surface area contributed by atoms with Crippen molar-refractivity contribution in [2.45, 2.75) is 26.3 Å². The van der Waals surface area contributed by atoms with Crippen LogP contribution in [-0.2, 0) is 0 Å². The first-order valence-electron chi connectivity index (χ1n) is 6.98. The van der Waals surface area contributed by atoms with Crippen molar-refractivity contribution in [2.75, 3.05) is 5.32 Å². The van der Waals surface area contributed by atoms with Crippen LogP contribution < -0.4 is 10.6 Å². The van der Waals surface area contributed by atoms with Crippen molar-refractivity contribution in [2.24, 2.45) is 0 Å². The molecule has 0 bridgehead atoms. The maximum atomic E-state index is 12.1. The van der Waals surface area contributed by atoms with E-state index in [1.54, 1.807) is 0 Å². The smallest absolute Gasteiger partial charge is 0.319 e. The number of urea groups is 1. The zero-order valence-electron chi connectivity index (χ0n) is 12.2. The Hall–Kier alpha value is -2.00. The van der Waals surface area contributed by atoms with Crippen molar-refractivity contribution in [1.82, 2.24) is 5.32 Å². The topological polar surface area (TPSA) is 41.1 Å². The summed E-state index contributed by atoms with van der Waals surface area (Å²) in [5.74, 6) is 0. The van der Waals surface area contributed by atoms with Gasteiger partial charge in [-0.1, -0.05) is 42.8 Å². The second-order valence-electron chi connectivity index (χ2n) is 4.98. The standard InChI is InChI=1S/C17H19ClN2O/c1-3-16(13-7-9-14(18)10-8-13)20-17(21)19-15-6-4-5-12(2)11-15/h4-11,16H,3H2,1-2H3,(H2,19,20,21)/t16-/m1/s1. The van der Waals surface area contributed by atoms with E-state index in [1.165, 1.54) is 0 Å². The van der Waals surface area contributed by atoms with Gasteiger partial charge in [0.15, 0.2) is 0 Å². The molecule has 3 nitrogen and oxygen atoms in total. The van der Waals surface area contributed by atoms with Crippen molar-refractivity contribution >= 4 is 23.3 Å². The van der Waals surface area contributed by atoms with Crippen LogP contribution in [0.5, 0.6) is 0 Å². The number of halogens is 1. The van der Waals surface area contributed by atoms with Gasteiger partial charge in [0.1, 0.15) is 0 Å². The molecule has 4 heteroatoms. The van der Waals surface area contributed by atoms with Crippen molar-refractivity contribution in [1.29, 1.82) is 0 Å². The number of hydrogen-bond acceptors (Lipinski definition) is 1. The molecule has 0 radical (unpaired) electrons. The summed E-state index contributed by atoms with van der Waals surface area (Å²) in [4.78, 5) is 12.1. The van der Waals surface area contributed by atoms with Crippen LogP contribution in [0.4, 0.5) is 10.5 Å². The Morgan fingerprint density at radius 2 is 1.90 bits per heavy atom. The van der Waals surface area contributed by atoms with E-state index < -0.39 is 0 Å². The number of benzene rings is 2. The van der Waals surface area contributed by atoms with Gasteiger partial charge in [-0.25, -0.2) is 4.79 Å². The third-order valence-corrected chi connectivity index (χ3v) is 3.51. The van der Waals surface area contributed by atoms with Gasteiger partial charge in [0.2, 0.25) is 0 Å². The first-order chi connectivity index (χ1) is 10.1. The summed E-state index contributed by atoms with van der Waals surface area (Å²) in [5.41, 5.74) is 2.94. The number of aryl methyl sites for hydroxylation is 1. The third-order valence-electron chi connectivity index (χ3n) is 3.26. The molecule has 110 valence electrons. The Morgan fingerprint density at radius 1 is 1.19 bits per heavy atom. The number of amides is 2. The van der Waals surface area contributed by atoms with Crippen molar-refractivity contribution < 1.29 is 4.79 Å². The van der Waals surface area contributed by atoms with Crippen molar-refractivity contribution in [3.8, 4) is 0 Å². The molecule has 0 unspecified atom stereocenters. The first kappa shape index (κ1) is 15.4. The number of carbonyl (C=O) groups excluding carboxylic acids is 1. The molecule has 0 aliphatic carbocycles. The number of carbonyl (C=O) groups is 1. The first-order valence-corrected chi connectivity index (χ1v) is 7.36. The van der Waals surface area contributed by atoms with Gasteiger partial charge in [0.25, 0.3) is 0 Å². The summed E-state index contributed by atoms with van der Waals surface area (Å²) in [6, 6.07) is 15.0. The fourth-order valence-electron chi connectivity index (χ4n) is 2.16. The highest BCUT2D eigenvalue weighted by molar-refractivity contribution is 6.30. The van der Waals surface area contributed by atoms with E-state index in [9.17, 15) is 4.79 Å². The summed E-state index contributed by atoms with van der Waals surface area (Å²) in [5, 5.41) is 6.52. The molecule has 2 aromatic rings. The van der Waals surface area contributed by atoms with Gasteiger partial charge in [-0.2, -0.15) is 0 Å². The van der Waals surface area contributed by atoms with Gasteiger partial charge in [-0.3, -0.25) is 0 Å². The largest absolute Gasteiger partial charge is 0.331 e. The minimum atomic E-state index is -0.206. The van der Waals surface area contributed by atoms with Crippen molar-refractivity contribution in [3.63, 3.8) is 0 Å². The van der Waals surface area contributed by atoms with Gasteiger partial charge in [-0.15, -0.1) is 0 Å². The van der Waals surface area contributed by atoms with Gasteiger partial charge in [-0.05, 0) is 48.7 Å². The highest BCUT2D eigenvalue weighted by atomic mass is 35.5. The van der Waals surface area contributed by atoms with E-state index in [-0.39, 0.29) is 12.1 Å². The zero-order chi connectivity index (χ0) is 15.2. The Morgan fingerprint density at radius 3 is 2.52 bits per heavy atom. The normalized spacial score (nSPS) is 11.8. The van der Waals surface area contributed by atoms with E-state index in [0.29, 0.717) is 5.02 Å². The summed E-state index contributed by atoms with van der Waals surface area (Å²) in [6.45, 7) is 4.03. The summed E-state index contributed by atoms with van der Waals surface area (Å²) >= 11 is 5.89. The molecular weight excluding hydrogens is 284 g/mol. The molecule has 2 N–H and O–H groups in total. The fourth-order valence-corrected chi connectivity index (χ4v) is 2.29. The maximum Gasteiger partial charge on any atom is 0.319 e. The Labute approximate surface area is 130 Å². The summed E-state index contributed by atoms with van der Waals surface area (Å²) in [7, 11) is 0. The molecule has 2 amide bonds. The predicted molar refractivity (Wildman–Crippen MR) is 87.8 cm³/mol. The minimum absolute atomic E-state index is 0.0351. The molecule has 0 spiro atoms. The molecule has 2 aromatic carbocycles. The second kappa shape index (κ2) is 7.14. The number of hydrogen-bond donors (Lipinski definition) is 2. The SMILES string of the molecule is CC[C@@H](NC(=O)Nc1cccc(C)c1)c1ccc(Cl)cc1. The number of rotatable bonds is 4. The van der Waals surface area contributed by atoms with Gasteiger partial charge in [0, 0.05) is 10.7 Å². The lowest BCUT2D eigenvalue weighted by Crippen LogP contribution is -2.32. The molecule has 0 heterocycles. The van der Waals surface area contributed by atoms with Crippen LogP contribution in [0.15, 0.2) is 48.5 Å². The van der Waals surface area contributed by atoms with Crippen LogP contribution in [0.1, 0.15) is 30.5 Å². The zero-order valence-corrected chi connectivity index (χ0v) is 12.9. The van der Waals surface area contributed by atoms with Crippen LogP contribution in [0.25, 0.3) is 0 Å². The van der Waals surface area contributed by atoms with Gasteiger partial charge in [0.05, 0.1) is 6.04 Å². The molecule has 0 saturated carbocycles. The Bertz CT molecular complexity index is 610. The molecule has 2 rings (SSSR count). The van der Waals surface area contributed by atoms with E-state index in [2.05, 4.69) is 10.6 Å². The number of nitrogens with one attached hydrogen (secondary N) is 2. The molecule has 0 saturated heterocycles. The van der Waals surface area contributed by atoms with E-state index >= 15 is 0 Å². The minimum Gasteiger partial charge on any atom is -0.331 e. The Balaban J connectivity index is 2.01. The van der Waals surface area contributed by atoms with Crippen LogP contribution >= 0.6 is 11.6 Å². The van der Waals surface area contributed by atoms with Crippen LogP contribution in [-0.4, -0.2) is 6.03 Å². The van der Waals surface area contributed by atoms with Crippen LogP contribution in [0.3, 0.4) is 0 Å². The van der Waals surface area contributed by atoms with Gasteiger partial charge >= 0.3 is 6.03 Å². The average molecular weight is 303 g/mol. The monoisotopic (exact) mass is 302 g/mol. The van der Waals surface area contributed by atoms with E-state index in [0.717, 1.165) is 23.2 Å². The molecule has 0 aliphatic heterocycles. The number of anilines is 1. The van der Waals surface area contributed by atoms with E-state index in [1.807, 2.05) is 62.4 Å². The summed E-state index contributed by atoms with van der Waals surface area (Å²) < 4.78 is 0. The maximum absolute atomic E-state index is 12.1. The average Bonchev–Trinajstić information content (AvgIpc) is 2.46. The van der Waals surface area contributed by atoms with Crippen LogP contribution in [0.2, 0.25) is 5.02 Å². The molecule has 0 aromatic heterocycles. The Kier molecular flexibility index (Phi) is 5.23. The molecule has 0 aliphatic rings. The third kappa shape index (κ3) is 4.50. The van der Waals surface area contributed by atoms with Crippen LogP contribution in [0, 0.1) is 6.92 Å². The lowest BCUT2D eigenvalue weighted by Gasteiger charge is -2.18. The lowest BCUT2D eigenvalue weighted by atomic mass is 10.1. The van der Waals surface area contributed by atoms with Gasteiger partial charge < -0.3 is 10.6 Å². The fraction of sp³-hybridized carbons (Fsp3) is 0.235. The molecule has 0 fully saturated rings. The lowest BCUT2D eigenvalue weighted by molar-refractivity contribution is 0.248. The second-order valence-corrected chi connectivity index (χ2v) is 5.42. The molecular formula is C17H19ClN2O. The highest BCUT2D eigenvalue weighted by Gasteiger charge is 2.12. The quantitative estimate of drug-likeness (QED) is 0.827. The predicted octanol–water partition coefficient (Wildman–Crippen LogP) is 4.92. The molecule has 1 atom stereocenters. The highest BCUT2D eigenvalue weighted by Crippen LogP contribution is 2.19. The van der Waals surface area contributed by atoms with E-state index in [4.69, 9.17) is 11.6 Å². The summed E-state index contributed by atoms with van der Waals surface area (Å²) in [6.07, 6.45) is 0.808.